The smallest absolute Gasteiger partial charge is 0.316 e. The van der Waals surface area contributed by atoms with Gasteiger partial charge < -0.3 is 14.2 Å². The first-order valence-corrected chi connectivity index (χ1v) is 15.0. The third-order valence-corrected chi connectivity index (χ3v) is 8.28. The average Bonchev–Trinajstić information content (AvgIpc) is 3.30. The number of aromatic nitrogens is 3. The molecule has 0 N–H and O–H groups in total. The Kier molecular flexibility index (Phi) is 10.1. The minimum absolute atomic E-state index is 0.0225. The minimum Gasteiger partial charge on any atom is -0.494 e. The van der Waals surface area contributed by atoms with E-state index in [1.54, 1.807) is 0 Å². The Morgan fingerprint density at radius 2 is 1.74 bits per heavy atom. The van der Waals surface area contributed by atoms with E-state index in [4.69, 9.17) is 14.2 Å². The predicted octanol–water partition coefficient (Wildman–Crippen LogP) is 7.10. The van der Waals surface area contributed by atoms with Gasteiger partial charge in [0.2, 0.25) is 0 Å². The number of thioether (sulfide) groups is 1. The molecule has 1 saturated carbocycles. The number of carbonyl (C=O) groups excluding carboxylic acids is 1. The molecule has 3 atom stereocenters. The van der Waals surface area contributed by atoms with Crippen LogP contribution in [0, 0.1) is 17.8 Å². The molecule has 204 valence electrons. The molecule has 0 bridgehead atoms. The van der Waals surface area contributed by atoms with Crippen molar-refractivity contribution in [3.63, 3.8) is 0 Å². The van der Waals surface area contributed by atoms with E-state index in [1.165, 1.54) is 18.2 Å². The van der Waals surface area contributed by atoms with Gasteiger partial charge in [-0.15, -0.1) is 10.2 Å². The Hall–Kier alpha value is -2.52. The standard InChI is InChI=1S/C29H36BrN3O4S/c1-5-35-23-13-9-22(10-14-23)33-27(17-36-24-11-7-21(30)8-12-24)31-32-29(33)38-18-28(34)37-26-16-20(4)6-15-25(26)19(2)3/h7-14,19-20,25-26H,5-6,15-18H2,1-4H3/t20-,25-,26+/m1/s1. The van der Waals surface area contributed by atoms with Gasteiger partial charge in [-0.25, -0.2) is 0 Å². The quantitative estimate of drug-likeness (QED) is 0.171. The van der Waals surface area contributed by atoms with Crippen LogP contribution in [0.3, 0.4) is 0 Å². The molecule has 4 rings (SSSR count). The molecule has 1 aliphatic carbocycles. The van der Waals surface area contributed by atoms with E-state index in [-0.39, 0.29) is 24.4 Å². The molecule has 0 aliphatic heterocycles. The molecular weight excluding hydrogens is 566 g/mol. The zero-order valence-corrected chi connectivity index (χ0v) is 24.8. The zero-order valence-electron chi connectivity index (χ0n) is 22.4. The van der Waals surface area contributed by atoms with Crippen LogP contribution in [0.1, 0.15) is 52.8 Å². The van der Waals surface area contributed by atoms with Crippen LogP contribution in [0.25, 0.3) is 5.69 Å². The number of ether oxygens (including phenoxy) is 3. The number of hydrogen-bond donors (Lipinski definition) is 0. The maximum Gasteiger partial charge on any atom is 0.316 e. The third-order valence-electron chi connectivity index (χ3n) is 6.85. The Balaban J connectivity index is 1.49. The zero-order chi connectivity index (χ0) is 27.1. The van der Waals surface area contributed by atoms with Gasteiger partial charge in [0, 0.05) is 10.2 Å². The first-order valence-electron chi connectivity index (χ1n) is 13.2. The molecule has 0 amide bonds. The maximum absolute atomic E-state index is 12.9. The van der Waals surface area contributed by atoms with Crippen LogP contribution >= 0.6 is 27.7 Å². The molecule has 1 aliphatic rings. The maximum atomic E-state index is 12.9. The second-order valence-electron chi connectivity index (χ2n) is 10.0. The number of esters is 1. The van der Waals surface area contributed by atoms with E-state index >= 15 is 0 Å². The summed E-state index contributed by atoms with van der Waals surface area (Å²) in [5.74, 6) is 3.58. The summed E-state index contributed by atoms with van der Waals surface area (Å²) >= 11 is 4.77. The van der Waals surface area contributed by atoms with E-state index in [0.29, 0.717) is 35.3 Å². The summed E-state index contributed by atoms with van der Waals surface area (Å²) < 4.78 is 20.5. The Morgan fingerprint density at radius 3 is 2.42 bits per heavy atom. The lowest BCUT2D eigenvalue weighted by atomic mass is 9.75. The van der Waals surface area contributed by atoms with Gasteiger partial charge >= 0.3 is 5.97 Å². The van der Waals surface area contributed by atoms with Crippen LogP contribution < -0.4 is 9.47 Å². The Labute approximate surface area is 237 Å². The van der Waals surface area contributed by atoms with Crippen LogP contribution in [-0.2, 0) is 16.1 Å². The fourth-order valence-electron chi connectivity index (χ4n) is 4.86. The number of carbonyl (C=O) groups is 1. The summed E-state index contributed by atoms with van der Waals surface area (Å²) in [4.78, 5) is 12.9. The first kappa shape index (κ1) is 28.5. The van der Waals surface area contributed by atoms with E-state index in [1.807, 2.05) is 60.0 Å². The molecule has 3 aromatic rings. The van der Waals surface area contributed by atoms with Gasteiger partial charge in [0.1, 0.15) is 24.2 Å². The van der Waals surface area contributed by atoms with Crippen LogP contribution in [0.5, 0.6) is 11.5 Å². The van der Waals surface area contributed by atoms with Gasteiger partial charge in [-0.05, 0) is 86.1 Å². The fraction of sp³-hybridized carbons (Fsp3) is 0.483. The number of nitrogens with zero attached hydrogens (tertiary/aromatic N) is 3. The van der Waals surface area contributed by atoms with Crippen molar-refractivity contribution in [3.8, 4) is 17.2 Å². The Bertz CT molecular complexity index is 1180. The molecule has 0 unspecified atom stereocenters. The molecule has 0 saturated heterocycles. The highest BCUT2D eigenvalue weighted by Gasteiger charge is 2.33. The minimum atomic E-state index is -0.214. The van der Waals surface area contributed by atoms with Gasteiger partial charge in [-0.2, -0.15) is 0 Å². The monoisotopic (exact) mass is 601 g/mol. The summed E-state index contributed by atoms with van der Waals surface area (Å²) in [6, 6.07) is 15.4. The number of halogens is 1. The lowest BCUT2D eigenvalue weighted by molar-refractivity contribution is -0.152. The van der Waals surface area contributed by atoms with Crippen LogP contribution in [0.4, 0.5) is 0 Å². The van der Waals surface area contributed by atoms with Crippen molar-refractivity contribution >= 4 is 33.7 Å². The molecule has 9 heteroatoms. The summed E-state index contributed by atoms with van der Waals surface area (Å²) in [5, 5.41) is 9.41. The van der Waals surface area contributed by atoms with Crippen LogP contribution in [-0.4, -0.2) is 39.2 Å². The number of rotatable bonds is 11. The van der Waals surface area contributed by atoms with Gasteiger partial charge in [0.15, 0.2) is 11.0 Å². The number of hydrogen-bond acceptors (Lipinski definition) is 7. The molecule has 1 heterocycles. The molecule has 38 heavy (non-hydrogen) atoms. The Morgan fingerprint density at radius 1 is 1.05 bits per heavy atom. The van der Waals surface area contributed by atoms with Gasteiger partial charge in [-0.1, -0.05) is 54.9 Å². The van der Waals surface area contributed by atoms with Crippen molar-refractivity contribution in [3.05, 3.63) is 58.8 Å². The molecule has 1 fully saturated rings. The van der Waals surface area contributed by atoms with Crippen molar-refractivity contribution in [2.75, 3.05) is 12.4 Å². The molecule has 7 nitrogen and oxygen atoms in total. The van der Waals surface area contributed by atoms with Crippen molar-refractivity contribution < 1.29 is 19.0 Å². The van der Waals surface area contributed by atoms with E-state index in [0.717, 1.165) is 34.5 Å². The van der Waals surface area contributed by atoms with Crippen LogP contribution in [0.2, 0.25) is 0 Å². The predicted molar refractivity (Wildman–Crippen MR) is 153 cm³/mol. The van der Waals surface area contributed by atoms with Gasteiger partial charge in [0.05, 0.1) is 12.4 Å². The van der Waals surface area contributed by atoms with Crippen molar-refractivity contribution in [2.24, 2.45) is 17.8 Å². The van der Waals surface area contributed by atoms with Gasteiger partial charge in [0.25, 0.3) is 0 Å². The summed E-state index contributed by atoms with van der Waals surface area (Å²) in [6.07, 6.45) is 3.21. The normalized spacial score (nSPS) is 19.4. The van der Waals surface area contributed by atoms with Gasteiger partial charge in [-0.3, -0.25) is 9.36 Å². The highest BCUT2D eigenvalue weighted by Crippen LogP contribution is 2.35. The lowest BCUT2D eigenvalue weighted by Gasteiger charge is -2.36. The highest BCUT2D eigenvalue weighted by molar-refractivity contribution is 9.10. The summed E-state index contributed by atoms with van der Waals surface area (Å²) in [6.45, 7) is 9.45. The van der Waals surface area contributed by atoms with Crippen LogP contribution in [0.15, 0.2) is 58.2 Å². The largest absolute Gasteiger partial charge is 0.494 e. The summed E-state index contributed by atoms with van der Waals surface area (Å²) in [7, 11) is 0. The fourth-order valence-corrected chi connectivity index (χ4v) is 5.88. The molecule has 2 aromatic carbocycles. The highest BCUT2D eigenvalue weighted by atomic mass is 79.9. The summed E-state index contributed by atoms with van der Waals surface area (Å²) in [5.41, 5.74) is 0.865. The van der Waals surface area contributed by atoms with E-state index < -0.39 is 0 Å². The molecule has 1 aromatic heterocycles. The van der Waals surface area contributed by atoms with E-state index in [9.17, 15) is 4.79 Å². The van der Waals surface area contributed by atoms with E-state index in [2.05, 4.69) is 46.9 Å². The van der Waals surface area contributed by atoms with Crippen molar-refractivity contribution in [1.82, 2.24) is 14.8 Å². The topological polar surface area (TPSA) is 75.5 Å². The van der Waals surface area contributed by atoms with Crippen molar-refractivity contribution in [1.29, 1.82) is 0 Å². The van der Waals surface area contributed by atoms with Crippen molar-refractivity contribution in [2.45, 2.75) is 64.8 Å². The first-order chi connectivity index (χ1) is 18.3. The molecule has 0 radical (unpaired) electrons. The third kappa shape index (κ3) is 7.53. The second kappa shape index (κ2) is 13.5. The second-order valence-corrected chi connectivity index (χ2v) is 11.9. The molecule has 0 spiro atoms. The number of benzene rings is 2. The lowest BCUT2D eigenvalue weighted by Crippen LogP contribution is -2.36. The SMILES string of the molecule is CCOc1ccc(-n2c(COc3ccc(Br)cc3)nnc2SCC(=O)O[C@H]2C[C@H](C)CC[C@@H]2C(C)C)cc1. The molecular formula is C29H36BrN3O4S. The average molecular weight is 603 g/mol.